The second kappa shape index (κ2) is 8.37. The Morgan fingerprint density at radius 3 is 2.38 bits per heavy atom. The second-order valence-corrected chi connectivity index (χ2v) is 8.64. The van der Waals surface area contributed by atoms with Gasteiger partial charge in [-0.1, -0.05) is 23.7 Å². The summed E-state index contributed by atoms with van der Waals surface area (Å²) in [4.78, 5) is 27.5. The molecule has 162 valence electrons. The van der Waals surface area contributed by atoms with Gasteiger partial charge in [0.2, 0.25) is 0 Å². The first-order valence-electron chi connectivity index (χ1n) is 10.1. The molecule has 1 aromatic heterocycles. The first kappa shape index (κ1) is 22.0. The minimum atomic E-state index is -0.502. The summed E-state index contributed by atoms with van der Waals surface area (Å²) in [6.07, 6.45) is 1.63. The minimum absolute atomic E-state index is 0.0378. The van der Waals surface area contributed by atoms with E-state index in [4.69, 9.17) is 23.8 Å². The van der Waals surface area contributed by atoms with Crippen molar-refractivity contribution in [1.82, 2.24) is 9.88 Å². The van der Waals surface area contributed by atoms with Crippen LogP contribution in [0.4, 0.5) is 5.69 Å². The topological polar surface area (TPSA) is 54.3 Å². The molecule has 1 aliphatic rings. The van der Waals surface area contributed by atoms with Crippen LogP contribution in [0.1, 0.15) is 28.1 Å². The smallest absolute Gasteiger partial charge is 0.270 e. The largest absolute Gasteiger partial charge is 0.318 e. The summed E-state index contributed by atoms with van der Waals surface area (Å²) in [6, 6.07) is 15.1. The average molecular weight is 464 g/mol. The Hall–Kier alpha value is -3.22. The van der Waals surface area contributed by atoms with E-state index >= 15 is 0 Å². The van der Waals surface area contributed by atoms with Crippen LogP contribution in [0.15, 0.2) is 54.1 Å². The lowest BCUT2D eigenvalue weighted by atomic mass is 10.0. The van der Waals surface area contributed by atoms with Gasteiger partial charge in [0.05, 0.1) is 5.69 Å². The fourth-order valence-electron chi connectivity index (χ4n) is 3.93. The summed E-state index contributed by atoms with van der Waals surface area (Å²) in [7, 11) is 0. The number of nitrogens with zero attached hydrogens (tertiary/aromatic N) is 2. The summed E-state index contributed by atoms with van der Waals surface area (Å²) in [6.45, 7) is 7.83. The molecule has 0 saturated carbocycles. The van der Waals surface area contributed by atoms with E-state index in [1.807, 2.05) is 76.2 Å². The normalized spacial score (nSPS) is 15.5. The van der Waals surface area contributed by atoms with Crippen LogP contribution in [0.3, 0.4) is 0 Å². The maximum Gasteiger partial charge on any atom is 0.270 e. The van der Waals surface area contributed by atoms with Crippen molar-refractivity contribution in [3.8, 4) is 5.69 Å². The van der Waals surface area contributed by atoms with E-state index in [1.165, 1.54) is 4.90 Å². The highest BCUT2D eigenvalue weighted by Gasteiger charge is 2.35. The summed E-state index contributed by atoms with van der Waals surface area (Å²) in [5, 5.41) is 3.40. The third kappa shape index (κ3) is 3.76. The quantitative estimate of drug-likeness (QED) is 0.330. The second-order valence-electron chi connectivity index (χ2n) is 7.82. The maximum atomic E-state index is 13.4. The van der Waals surface area contributed by atoms with E-state index in [2.05, 4.69) is 9.88 Å². The molecule has 0 radical (unpaired) electrons. The van der Waals surface area contributed by atoms with Crippen molar-refractivity contribution >= 4 is 52.5 Å². The SMILES string of the molecule is Cc1cccc(N2C(=O)/C(=C/c3cc(C)n(-c4ccc(Cl)cc4)c3C)C(=O)NC2=S)c1C. The van der Waals surface area contributed by atoms with Crippen molar-refractivity contribution in [3.63, 3.8) is 0 Å². The zero-order valence-electron chi connectivity index (χ0n) is 18.2. The number of hydrogen-bond donors (Lipinski definition) is 1. The number of nitrogens with one attached hydrogen (secondary N) is 1. The lowest BCUT2D eigenvalue weighted by Gasteiger charge is -2.30. The van der Waals surface area contributed by atoms with E-state index in [9.17, 15) is 9.59 Å². The third-order valence-electron chi connectivity index (χ3n) is 5.77. The summed E-state index contributed by atoms with van der Waals surface area (Å²) in [5.74, 6) is -0.943. The van der Waals surface area contributed by atoms with Gasteiger partial charge >= 0.3 is 0 Å². The van der Waals surface area contributed by atoms with Gasteiger partial charge in [-0.25, -0.2) is 0 Å². The molecular formula is C25H22ClN3O2S. The van der Waals surface area contributed by atoms with Crippen LogP contribution in [0.2, 0.25) is 5.02 Å². The Balaban J connectivity index is 1.78. The number of hydrogen-bond acceptors (Lipinski definition) is 3. The van der Waals surface area contributed by atoms with Gasteiger partial charge in [0, 0.05) is 22.1 Å². The number of benzene rings is 2. The Bertz CT molecular complexity index is 1310. The monoisotopic (exact) mass is 463 g/mol. The number of amides is 2. The fourth-order valence-corrected chi connectivity index (χ4v) is 4.33. The van der Waals surface area contributed by atoms with Gasteiger partial charge in [-0.2, -0.15) is 0 Å². The maximum absolute atomic E-state index is 13.4. The van der Waals surface area contributed by atoms with Gasteiger partial charge in [-0.05, 0) is 99.1 Å². The van der Waals surface area contributed by atoms with Gasteiger partial charge in [-0.3, -0.25) is 19.8 Å². The Labute approximate surface area is 197 Å². The Morgan fingerprint density at radius 1 is 1.00 bits per heavy atom. The van der Waals surface area contributed by atoms with E-state index in [1.54, 1.807) is 6.08 Å². The van der Waals surface area contributed by atoms with Crippen molar-refractivity contribution in [2.75, 3.05) is 4.90 Å². The molecule has 2 amide bonds. The van der Waals surface area contributed by atoms with E-state index in [-0.39, 0.29) is 10.7 Å². The molecule has 1 fully saturated rings. The molecule has 0 atom stereocenters. The first-order valence-corrected chi connectivity index (χ1v) is 10.9. The first-order chi connectivity index (χ1) is 15.2. The van der Waals surface area contributed by atoms with Crippen molar-refractivity contribution in [2.24, 2.45) is 0 Å². The van der Waals surface area contributed by atoms with Crippen LogP contribution in [0.5, 0.6) is 0 Å². The molecule has 1 saturated heterocycles. The average Bonchev–Trinajstić information content (AvgIpc) is 3.02. The lowest BCUT2D eigenvalue weighted by molar-refractivity contribution is -0.122. The molecule has 5 nitrogen and oxygen atoms in total. The molecule has 3 aromatic rings. The molecule has 32 heavy (non-hydrogen) atoms. The molecule has 2 heterocycles. The molecule has 7 heteroatoms. The van der Waals surface area contributed by atoms with Crippen LogP contribution in [0, 0.1) is 27.7 Å². The van der Waals surface area contributed by atoms with Crippen molar-refractivity contribution < 1.29 is 9.59 Å². The number of thiocarbonyl (C=S) groups is 1. The number of halogens is 1. The Morgan fingerprint density at radius 2 is 1.69 bits per heavy atom. The molecule has 0 unspecified atom stereocenters. The summed E-state index contributed by atoms with van der Waals surface area (Å²) >= 11 is 11.4. The van der Waals surface area contributed by atoms with Gasteiger partial charge in [0.15, 0.2) is 5.11 Å². The number of aromatic nitrogens is 1. The van der Waals surface area contributed by atoms with Crippen molar-refractivity contribution in [2.45, 2.75) is 27.7 Å². The lowest BCUT2D eigenvalue weighted by Crippen LogP contribution is -2.54. The molecule has 1 aliphatic heterocycles. The van der Waals surface area contributed by atoms with Crippen LogP contribution in [0.25, 0.3) is 11.8 Å². The standard InChI is InChI=1S/C25H22ClN3O2S/c1-14-6-5-7-22(16(14)3)29-24(31)21(23(30)27-25(29)32)13-18-12-15(2)28(17(18)4)20-10-8-19(26)9-11-20/h5-13H,1-4H3,(H,27,30,32)/b21-13+. The molecule has 2 aromatic carbocycles. The zero-order chi connectivity index (χ0) is 23.2. The molecule has 4 rings (SSSR count). The van der Waals surface area contributed by atoms with Crippen LogP contribution in [-0.2, 0) is 9.59 Å². The highest BCUT2D eigenvalue weighted by Crippen LogP contribution is 2.29. The third-order valence-corrected chi connectivity index (χ3v) is 6.31. The van der Waals surface area contributed by atoms with Crippen molar-refractivity contribution in [3.05, 3.63) is 87.2 Å². The molecule has 1 N–H and O–H groups in total. The Kier molecular flexibility index (Phi) is 5.75. The van der Waals surface area contributed by atoms with Gasteiger partial charge in [-0.15, -0.1) is 0 Å². The molecule has 0 bridgehead atoms. The highest BCUT2D eigenvalue weighted by molar-refractivity contribution is 7.80. The van der Waals surface area contributed by atoms with Gasteiger partial charge < -0.3 is 4.57 Å². The summed E-state index contributed by atoms with van der Waals surface area (Å²) in [5.41, 5.74) is 6.28. The molecule has 0 aliphatic carbocycles. The summed E-state index contributed by atoms with van der Waals surface area (Å²) < 4.78 is 2.06. The van der Waals surface area contributed by atoms with E-state index in [0.717, 1.165) is 33.8 Å². The number of carbonyl (C=O) groups excluding carboxylic acids is 2. The number of aryl methyl sites for hydroxylation is 2. The number of anilines is 1. The predicted molar refractivity (Wildman–Crippen MR) is 132 cm³/mol. The van der Waals surface area contributed by atoms with Crippen LogP contribution in [-0.4, -0.2) is 21.5 Å². The molecule has 0 spiro atoms. The van der Waals surface area contributed by atoms with Crippen LogP contribution < -0.4 is 10.2 Å². The zero-order valence-corrected chi connectivity index (χ0v) is 19.8. The van der Waals surface area contributed by atoms with Gasteiger partial charge in [0.1, 0.15) is 5.57 Å². The number of carbonyl (C=O) groups is 2. The minimum Gasteiger partial charge on any atom is -0.318 e. The molecular weight excluding hydrogens is 442 g/mol. The predicted octanol–water partition coefficient (Wildman–Crippen LogP) is 5.20. The van der Waals surface area contributed by atoms with E-state index in [0.29, 0.717) is 10.7 Å². The number of rotatable bonds is 3. The van der Waals surface area contributed by atoms with Crippen LogP contribution >= 0.6 is 23.8 Å². The highest BCUT2D eigenvalue weighted by atomic mass is 35.5. The van der Waals surface area contributed by atoms with E-state index < -0.39 is 11.8 Å². The fraction of sp³-hybridized carbons (Fsp3) is 0.160. The van der Waals surface area contributed by atoms with Gasteiger partial charge in [0.25, 0.3) is 11.8 Å². The van der Waals surface area contributed by atoms with Crippen molar-refractivity contribution in [1.29, 1.82) is 0 Å².